The standard InChI is InChI=1S/C22H29N3O2/c23-20-6-2-1-5-18(20)14-24-13-17-9-11-25(12-10-17)15-19-16-26-21-7-3-4-8-22(21)27-19/h1-8,17,19,24H,9-16,23H2. The summed E-state index contributed by atoms with van der Waals surface area (Å²) in [4.78, 5) is 2.51. The molecule has 0 spiro atoms. The number of hydrogen-bond donors (Lipinski definition) is 2. The molecule has 27 heavy (non-hydrogen) atoms. The number of likely N-dealkylation sites (tertiary alicyclic amines) is 1. The fourth-order valence-corrected chi connectivity index (χ4v) is 3.92. The minimum Gasteiger partial charge on any atom is -0.486 e. The number of anilines is 1. The highest BCUT2D eigenvalue weighted by atomic mass is 16.6. The quantitative estimate of drug-likeness (QED) is 0.769. The Kier molecular flexibility index (Phi) is 5.80. The number of nitrogens with two attached hydrogens (primary N) is 1. The number of rotatable bonds is 6. The maximum atomic E-state index is 6.10. The summed E-state index contributed by atoms with van der Waals surface area (Å²) in [6, 6.07) is 16.0. The fourth-order valence-electron chi connectivity index (χ4n) is 3.92. The lowest BCUT2D eigenvalue weighted by Gasteiger charge is -2.35. The lowest BCUT2D eigenvalue weighted by molar-refractivity contribution is 0.0477. The molecule has 2 aromatic carbocycles. The van der Waals surface area contributed by atoms with Crippen LogP contribution in [0.5, 0.6) is 11.5 Å². The molecule has 3 N–H and O–H groups in total. The maximum Gasteiger partial charge on any atom is 0.161 e. The van der Waals surface area contributed by atoms with Crippen molar-refractivity contribution in [2.24, 2.45) is 5.92 Å². The van der Waals surface area contributed by atoms with Gasteiger partial charge in [0, 0.05) is 18.8 Å². The van der Waals surface area contributed by atoms with Crippen molar-refractivity contribution in [2.45, 2.75) is 25.5 Å². The van der Waals surface area contributed by atoms with E-state index in [0.717, 1.165) is 55.8 Å². The molecule has 4 rings (SSSR count). The number of piperidine rings is 1. The van der Waals surface area contributed by atoms with Gasteiger partial charge >= 0.3 is 0 Å². The Balaban J connectivity index is 1.17. The molecule has 5 nitrogen and oxygen atoms in total. The van der Waals surface area contributed by atoms with Crippen LogP contribution in [0.25, 0.3) is 0 Å². The highest BCUT2D eigenvalue weighted by molar-refractivity contribution is 5.46. The first-order chi connectivity index (χ1) is 13.3. The lowest BCUT2D eigenvalue weighted by Crippen LogP contribution is -2.45. The van der Waals surface area contributed by atoms with Crippen molar-refractivity contribution in [1.82, 2.24) is 10.2 Å². The number of nitrogens with one attached hydrogen (secondary N) is 1. The Morgan fingerprint density at radius 1 is 1.00 bits per heavy atom. The Morgan fingerprint density at radius 2 is 1.74 bits per heavy atom. The number of benzene rings is 2. The van der Waals surface area contributed by atoms with Gasteiger partial charge < -0.3 is 20.5 Å². The van der Waals surface area contributed by atoms with Crippen molar-refractivity contribution >= 4 is 5.69 Å². The Bertz CT molecular complexity index is 744. The summed E-state index contributed by atoms with van der Waals surface area (Å²) in [5, 5.41) is 3.58. The molecule has 5 heteroatoms. The molecule has 0 aliphatic carbocycles. The van der Waals surface area contributed by atoms with E-state index in [1.165, 1.54) is 18.4 Å². The predicted octanol–water partition coefficient (Wildman–Crippen LogP) is 2.91. The first kappa shape index (κ1) is 18.1. The molecular formula is C22H29N3O2. The summed E-state index contributed by atoms with van der Waals surface area (Å²) in [6.07, 6.45) is 2.57. The van der Waals surface area contributed by atoms with Crippen LogP contribution in [0, 0.1) is 5.92 Å². The van der Waals surface area contributed by atoms with Gasteiger partial charge in [0.2, 0.25) is 0 Å². The number of para-hydroxylation sites is 3. The van der Waals surface area contributed by atoms with Gasteiger partial charge in [-0.05, 0) is 62.2 Å². The molecule has 1 unspecified atom stereocenters. The second kappa shape index (κ2) is 8.63. The van der Waals surface area contributed by atoms with E-state index in [2.05, 4.69) is 16.3 Å². The Morgan fingerprint density at radius 3 is 2.56 bits per heavy atom. The van der Waals surface area contributed by atoms with Gasteiger partial charge in [-0.3, -0.25) is 4.90 Å². The van der Waals surface area contributed by atoms with E-state index in [9.17, 15) is 0 Å². The predicted molar refractivity (Wildman–Crippen MR) is 108 cm³/mol. The zero-order chi connectivity index (χ0) is 18.5. The molecule has 2 aliphatic rings. The van der Waals surface area contributed by atoms with Crippen LogP contribution in [0.4, 0.5) is 5.69 Å². The summed E-state index contributed by atoms with van der Waals surface area (Å²) in [6.45, 7) is 5.73. The molecule has 2 aliphatic heterocycles. The van der Waals surface area contributed by atoms with E-state index < -0.39 is 0 Å². The average molecular weight is 367 g/mol. The van der Waals surface area contributed by atoms with E-state index >= 15 is 0 Å². The first-order valence-electron chi connectivity index (χ1n) is 9.93. The first-order valence-corrected chi connectivity index (χ1v) is 9.93. The van der Waals surface area contributed by atoms with Gasteiger partial charge in [-0.1, -0.05) is 30.3 Å². The van der Waals surface area contributed by atoms with Crippen LogP contribution in [0.15, 0.2) is 48.5 Å². The van der Waals surface area contributed by atoms with E-state index in [1.54, 1.807) is 0 Å². The average Bonchev–Trinajstić information content (AvgIpc) is 2.71. The van der Waals surface area contributed by atoms with Crippen LogP contribution in [0.3, 0.4) is 0 Å². The van der Waals surface area contributed by atoms with Crippen molar-refractivity contribution in [3.05, 3.63) is 54.1 Å². The number of nitrogen functional groups attached to an aromatic ring is 1. The highest BCUT2D eigenvalue weighted by Crippen LogP contribution is 2.31. The van der Waals surface area contributed by atoms with Gasteiger partial charge in [0.25, 0.3) is 0 Å². The van der Waals surface area contributed by atoms with Crippen molar-refractivity contribution < 1.29 is 9.47 Å². The third-order valence-electron chi connectivity index (χ3n) is 5.54. The van der Waals surface area contributed by atoms with E-state index in [0.29, 0.717) is 6.61 Å². The summed E-state index contributed by atoms with van der Waals surface area (Å²) in [5.74, 6) is 2.46. The maximum absolute atomic E-state index is 6.10. The molecule has 1 saturated heterocycles. The summed E-state index contributed by atoms with van der Waals surface area (Å²) in [5.41, 5.74) is 8.06. The van der Waals surface area contributed by atoms with Gasteiger partial charge in [0.1, 0.15) is 12.7 Å². The number of nitrogens with zero attached hydrogens (tertiary/aromatic N) is 1. The van der Waals surface area contributed by atoms with Crippen molar-refractivity contribution in [3.8, 4) is 11.5 Å². The van der Waals surface area contributed by atoms with Gasteiger partial charge in [-0.15, -0.1) is 0 Å². The number of hydrogen-bond acceptors (Lipinski definition) is 5. The molecular weight excluding hydrogens is 338 g/mol. The Hall–Kier alpha value is -2.24. The van der Waals surface area contributed by atoms with Crippen LogP contribution in [0.2, 0.25) is 0 Å². The molecule has 0 aromatic heterocycles. The lowest BCUT2D eigenvalue weighted by atomic mass is 9.96. The normalized spacial score (nSPS) is 20.5. The molecule has 2 heterocycles. The van der Waals surface area contributed by atoms with Gasteiger partial charge in [0.05, 0.1) is 0 Å². The minimum absolute atomic E-state index is 0.121. The van der Waals surface area contributed by atoms with Crippen molar-refractivity contribution in [1.29, 1.82) is 0 Å². The highest BCUT2D eigenvalue weighted by Gasteiger charge is 2.25. The molecule has 1 atom stereocenters. The zero-order valence-corrected chi connectivity index (χ0v) is 15.8. The Labute approximate surface area is 161 Å². The van der Waals surface area contributed by atoms with E-state index in [-0.39, 0.29) is 6.10 Å². The van der Waals surface area contributed by atoms with Crippen LogP contribution in [0.1, 0.15) is 18.4 Å². The molecule has 0 amide bonds. The van der Waals surface area contributed by atoms with Crippen molar-refractivity contribution in [3.63, 3.8) is 0 Å². The largest absolute Gasteiger partial charge is 0.486 e. The number of fused-ring (bicyclic) bond motifs is 1. The topological polar surface area (TPSA) is 59.8 Å². The number of ether oxygens (including phenoxy) is 2. The van der Waals surface area contributed by atoms with Crippen LogP contribution in [-0.2, 0) is 6.54 Å². The second-order valence-corrected chi connectivity index (χ2v) is 7.57. The van der Waals surface area contributed by atoms with Gasteiger partial charge in [-0.25, -0.2) is 0 Å². The smallest absolute Gasteiger partial charge is 0.161 e. The molecule has 0 bridgehead atoms. The molecule has 1 fully saturated rings. The fraction of sp³-hybridized carbons (Fsp3) is 0.455. The van der Waals surface area contributed by atoms with Crippen LogP contribution < -0.4 is 20.5 Å². The van der Waals surface area contributed by atoms with Gasteiger partial charge in [-0.2, -0.15) is 0 Å². The SMILES string of the molecule is Nc1ccccc1CNCC1CCN(CC2COc3ccccc3O2)CC1. The summed E-state index contributed by atoms with van der Waals surface area (Å²) < 4.78 is 11.9. The summed E-state index contributed by atoms with van der Waals surface area (Å²) >= 11 is 0. The second-order valence-electron chi connectivity index (χ2n) is 7.57. The molecule has 0 saturated carbocycles. The molecule has 2 aromatic rings. The van der Waals surface area contributed by atoms with Crippen LogP contribution >= 0.6 is 0 Å². The minimum atomic E-state index is 0.121. The van der Waals surface area contributed by atoms with Crippen LogP contribution in [-0.4, -0.2) is 43.8 Å². The zero-order valence-electron chi connectivity index (χ0n) is 15.8. The third-order valence-corrected chi connectivity index (χ3v) is 5.54. The summed E-state index contributed by atoms with van der Waals surface area (Å²) in [7, 11) is 0. The van der Waals surface area contributed by atoms with Crippen molar-refractivity contribution in [2.75, 3.05) is 38.5 Å². The molecule has 144 valence electrons. The third kappa shape index (κ3) is 4.73. The van der Waals surface area contributed by atoms with E-state index in [4.69, 9.17) is 15.2 Å². The van der Waals surface area contributed by atoms with E-state index in [1.807, 2.05) is 42.5 Å². The van der Waals surface area contributed by atoms with Gasteiger partial charge in [0.15, 0.2) is 11.5 Å². The molecule has 0 radical (unpaired) electrons. The monoisotopic (exact) mass is 367 g/mol.